The molecular formula is C13H19N3O. The van der Waals surface area contributed by atoms with Crippen molar-refractivity contribution in [3.05, 3.63) is 35.9 Å². The highest BCUT2D eigenvalue weighted by atomic mass is 16.5. The number of hydrogen-bond acceptors (Lipinski definition) is 4. The molecule has 1 unspecified atom stereocenters. The summed E-state index contributed by atoms with van der Waals surface area (Å²) >= 11 is 0. The SMILES string of the molecule is COCCNC1=NCCNC1c1ccccc1. The molecule has 92 valence electrons. The smallest absolute Gasteiger partial charge is 0.118 e. The number of ether oxygens (including phenoxy) is 1. The molecule has 2 N–H and O–H groups in total. The Balaban J connectivity index is 2.04. The minimum atomic E-state index is 0.182. The van der Waals surface area contributed by atoms with E-state index in [2.05, 4.69) is 39.9 Å². The Kier molecular flexibility index (Phi) is 4.53. The van der Waals surface area contributed by atoms with Crippen LogP contribution in [0.25, 0.3) is 0 Å². The fourth-order valence-corrected chi connectivity index (χ4v) is 1.93. The van der Waals surface area contributed by atoms with Crippen molar-refractivity contribution in [1.82, 2.24) is 10.6 Å². The highest BCUT2D eigenvalue weighted by Crippen LogP contribution is 2.15. The minimum absolute atomic E-state index is 0.182. The van der Waals surface area contributed by atoms with E-state index in [4.69, 9.17) is 4.74 Å². The quantitative estimate of drug-likeness (QED) is 0.762. The highest BCUT2D eigenvalue weighted by molar-refractivity contribution is 5.89. The number of aliphatic imine (C=N–C) groups is 1. The second kappa shape index (κ2) is 6.37. The number of amidine groups is 1. The van der Waals surface area contributed by atoms with Crippen LogP contribution in [0.2, 0.25) is 0 Å². The van der Waals surface area contributed by atoms with E-state index in [-0.39, 0.29) is 6.04 Å². The molecule has 1 aliphatic rings. The van der Waals surface area contributed by atoms with Crippen LogP contribution in [0.4, 0.5) is 0 Å². The number of benzene rings is 1. The fraction of sp³-hybridized carbons (Fsp3) is 0.462. The van der Waals surface area contributed by atoms with Gasteiger partial charge in [-0.25, -0.2) is 0 Å². The molecule has 2 rings (SSSR count). The average molecular weight is 233 g/mol. The van der Waals surface area contributed by atoms with Gasteiger partial charge in [-0.3, -0.25) is 4.99 Å². The Morgan fingerprint density at radius 2 is 2.24 bits per heavy atom. The van der Waals surface area contributed by atoms with Gasteiger partial charge in [0, 0.05) is 20.2 Å². The largest absolute Gasteiger partial charge is 0.383 e. The van der Waals surface area contributed by atoms with E-state index in [0.29, 0.717) is 6.61 Å². The molecule has 0 bridgehead atoms. The topological polar surface area (TPSA) is 45.6 Å². The van der Waals surface area contributed by atoms with Crippen LogP contribution >= 0.6 is 0 Å². The summed E-state index contributed by atoms with van der Waals surface area (Å²) in [6.45, 7) is 3.24. The third-order valence-electron chi connectivity index (χ3n) is 2.76. The number of hydrogen-bond donors (Lipinski definition) is 2. The van der Waals surface area contributed by atoms with Crippen molar-refractivity contribution in [2.75, 3.05) is 33.4 Å². The monoisotopic (exact) mass is 233 g/mol. The molecule has 1 aromatic carbocycles. The van der Waals surface area contributed by atoms with Gasteiger partial charge in [0.05, 0.1) is 19.2 Å². The van der Waals surface area contributed by atoms with E-state index in [1.165, 1.54) is 5.56 Å². The van der Waals surface area contributed by atoms with E-state index in [1.54, 1.807) is 7.11 Å². The number of nitrogens with one attached hydrogen (secondary N) is 2. The van der Waals surface area contributed by atoms with Crippen molar-refractivity contribution in [1.29, 1.82) is 0 Å². The molecule has 0 spiro atoms. The molecule has 0 saturated heterocycles. The van der Waals surface area contributed by atoms with Gasteiger partial charge in [0.1, 0.15) is 5.84 Å². The Morgan fingerprint density at radius 1 is 1.41 bits per heavy atom. The lowest BCUT2D eigenvalue weighted by atomic mass is 10.0. The van der Waals surface area contributed by atoms with E-state index < -0.39 is 0 Å². The fourth-order valence-electron chi connectivity index (χ4n) is 1.93. The first-order chi connectivity index (χ1) is 8.42. The Morgan fingerprint density at radius 3 is 3.00 bits per heavy atom. The Labute approximate surface area is 102 Å². The molecule has 1 aromatic rings. The lowest BCUT2D eigenvalue weighted by molar-refractivity contribution is 0.203. The van der Waals surface area contributed by atoms with Crippen LogP contribution in [-0.4, -0.2) is 39.2 Å². The molecule has 0 amide bonds. The number of nitrogens with zero attached hydrogens (tertiary/aromatic N) is 1. The molecule has 1 heterocycles. The lowest BCUT2D eigenvalue weighted by Gasteiger charge is -2.25. The van der Waals surface area contributed by atoms with Crippen LogP contribution in [0.1, 0.15) is 11.6 Å². The van der Waals surface area contributed by atoms with Gasteiger partial charge < -0.3 is 15.4 Å². The molecule has 1 aliphatic heterocycles. The van der Waals surface area contributed by atoms with Gasteiger partial charge in [0.25, 0.3) is 0 Å². The Bertz CT molecular complexity index is 364. The summed E-state index contributed by atoms with van der Waals surface area (Å²) in [7, 11) is 1.71. The first-order valence-corrected chi connectivity index (χ1v) is 5.97. The molecule has 0 aliphatic carbocycles. The van der Waals surface area contributed by atoms with Crippen molar-refractivity contribution in [2.45, 2.75) is 6.04 Å². The summed E-state index contributed by atoms with van der Waals surface area (Å²) in [4.78, 5) is 4.55. The van der Waals surface area contributed by atoms with Crippen molar-refractivity contribution < 1.29 is 4.74 Å². The second-order valence-corrected chi connectivity index (χ2v) is 3.98. The zero-order chi connectivity index (χ0) is 11.9. The second-order valence-electron chi connectivity index (χ2n) is 3.98. The van der Waals surface area contributed by atoms with Gasteiger partial charge in [-0.05, 0) is 5.56 Å². The third kappa shape index (κ3) is 3.28. The summed E-state index contributed by atoms with van der Waals surface area (Å²) in [6.07, 6.45) is 0. The summed E-state index contributed by atoms with van der Waals surface area (Å²) in [6, 6.07) is 10.6. The van der Waals surface area contributed by atoms with Crippen LogP contribution in [-0.2, 0) is 4.74 Å². The van der Waals surface area contributed by atoms with E-state index in [0.717, 1.165) is 25.5 Å². The highest BCUT2D eigenvalue weighted by Gasteiger charge is 2.19. The Hall–Kier alpha value is -1.39. The average Bonchev–Trinajstić information content (AvgIpc) is 2.41. The van der Waals surface area contributed by atoms with Crippen LogP contribution in [0.3, 0.4) is 0 Å². The van der Waals surface area contributed by atoms with Crippen molar-refractivity contribution in [3.8, 4) is 0 Å². The summed E-state index contributed by atoms with van der Waals surface area (Å²) < 4.78 is 5.04. The zero-order valence-electron chi connectivity index (χ0n) is 10.1. The zero-order valence-corrected chi connectivity index (χ0v) is 10.1. The molecule has 4 nitrogen and oxygen atoms in total. The maximum Gasteiger partial charge on any atom is 0.118 e. The van der Waals surface area contributed by atoms with Crippen LogP contribution in [0.15, 0.2) is 35.3 Å². The van der Waals surface area contributed by atoms with Gasteiger partial charge >= 0.3 is 0 Å². The predicted octanol–water partition coefficient (Wildman–Crippen LogP) is 0.965. The van der Waals surface area contributed by atoms with Crippen molar-refractivity contribution in [2.24, 2.45) is 4.99 Å². The molecule has 0 radical (unpaired) electrons. The van der Waals surface area contributed by atoms with Crippen LogP contribution < -0.4 is 10.6 Å². The third-order valence-corrected chi connectivity index (χ3v) is 2.76. The standard InChI is InChI=1S/C13H19N3O/c1-17-10-9-16-13-12(14-7-8-15-13)11-5-3-2-4-6-11/h2-6,12,14H,7-10H2,1H3,(H,15,16). The van der Waals surface area contributed by atoms with Crippen LogP contribution in [0, 0.1) is 0 Å². The van der Waals surface area contributed by atoms with E-state index in [1.807, 2.05) is 6.07 Å². The molecule has 0 aromatic heterocycles. The maximum absolute atomic E-state index is 5.04. The van der Waals surface area contributed by atoms with Gasteiger partial charge in [0.15, 0.2) is 0 Å². The summed E-state index contributed by atoms with van der Waals surface area (Å²) in [5, 5.41) is 6.81. The first-order valence-electron chi connectivity index (χ1n) is 5.97. The minimum Gasteiger partial charge on any atom is -0.383 e. The molecule has 0 fully saturated rings. The van der Waals surface area contributed by atoms with Crippen molar-refractivity contribution in [3.63, 3.8) is 0 Å². The van der Waals surface area contributed by atoms with Gasteiger partial charge in [-0.15, -0.1) is 0 Å². The molecule has 0 saturated carbocycles. The molecule has 1 atom stereocenters. The molecule has 4 heteroatoms. The van der Waals surface area contributed by atoms with E-state index in [9.17, 15) is 0 Å². The lowest BCUT2D eigenvalue weighted by Crippen LogP contribution is -2.43. The van der Waals surface area contributed by atoms with Gasteiger partial charge in [-0.2, -0.15) is 0 Å². The molecule has 17 heavy (non-hydrogen) atoms. The van der Waals surface area contributed by atoms with Crippen molar-refractivity contribution >= 4 is 5.84 Å². The first kappa shape index (κ1) is 12.1. The van der Waals surface area contributed by atoms with Crippen LogP contribution in [0.5, 0.6) is 0 Å². The maximum atomic E-state index is 5.04. The number of methoxy groups -OCH3 is 1. The van der Waals surface area contributed by atoms with E-state index >= 15 is 0 Å². The normalized spacial score (nSPS) is 19.8. The van der Waals surface area contributed by atoms with Gasteiger partial charge in [0.2, 0.25) is 0 Å². The summed E-state index contributed by atoms with van der Waals surface area (Å²) in [5.41, 5.74) is 1.25. The number of rotatable bonds is 4. The molecular weight excluding hydrogens is 214 g/mol. The predicted molar refractivity (Wildman–Crippen MR) is 69.4 cm³/mol. The summed E-state index contributed by atoms with van der Waals surface area (Å²) in [5.74, 6) is 1.01. The van der Waals surface area contributed by atoms with Gasteiger partial charge in [-0.1, -0.05) is 30.3 Å².